The fraction of sp³-hybridized carbons (Fsp3) is 0.562. The van der Waals surface area contributed by atoms with Gasteiger partial charge in [0.2, 0.25) is 15.9 Å². The zero-order valence-corrected chi connectivity index (χ0v) is 16.0. The summed E-state index contributed by atoms with van der Waals surface area (Å²) in [6, 6.07) is 5.01. The van der Waals surface area contributed by atoms with Gasteiger partial charge in [-0.1, -0.05) is 26.3 Å². The summed E-state index contributed by atoms with van der Waals surface area (Å²) in [4.78, 5) is 14.4. The van der Waals surface area contributed by atoms with E-state index in [4.69, 9.17) is 0 Å². The maximum Gasteiger partial charge on any atom is 0.245 e. The molecule has 0 bridgehead atoms. The summed E-state index contributed by atoms with van der Waals surface area (Å²) in [5, 5.41) is 0. The largest absolute Gasteiger partial charge is 0.340 e. The van der Waals surface area contributed by atoms with Gasteiger partial charge in [0.1, 0.15) is 16.3 Å². The van der Waals surface area contributed by atoms with E-state index in [9.17, 15) is 13.2 Å². The predicted molar refractivity (Wildman–Crippen MR) is 97.4 cm³/mol. The van der Waals surface area contributed by atoms with Crippen LogP contribution in [0.5, 0.6) is 0 Å². The first-order valence-electron chi connectivity index (χ1n) is 8.45. The Bertz CT molecular complexity index is 839. The van der Waals surface area contributed by atoms with E-state index in [1.165, 1.54) is 4.31 Å². The van der Waals surface area contributed by atoms with E-state index in [1.54, 1.807) is 23.1 Å². The molecule has 2 aliphatic rings. The Morgan fingerprint density at radius 3 is 2.64 bits per heavy atom. The van der Waals surface area contributed by atoms with Crippen LogP contribution in [0.4, 0.5) is 11.4 Å². The van der Waals surface area contributed by atoms with Crippen LogP contribution in [0.3, 0.4) is 0 Å². The highest BCUT2D eigenvalue weighted by Gasteiger charge is 2.33. The molecule has 1 unspecified atom stereocenters. The molecular formula is C16H22N4O3S2. The molecule has 7 nitrogen and oxygen atoms in total. The van der Waals surface area contributed by atoms with Gasteiger partial charge in [-0.3, -0.25) is 4.79 Å². The first-order valence-corrected chi connectivity index (χ1v) is 10.6. The second kappa shape index (κ2) is 7.35. The number of carbonyl (C=O) groups is 1. The number of sulfonamides is 1. The third kappa shape index (κ3) is 3.54. The van der Waals surface area contributed by atoms with Crippen LogP contribution in [0.25, 0.3) is 0 Å². The van der Waals surface area contributed by atoms with Gasteiger partial charge in [-0.15, -0.1) is 0 Å². The Labute approximate surface area is 152 Å². The minimum absolute atomic E-state index is 0.0111. The number of benzene rings is 1. The zero-order chi connectivity index (χ0) is 18.0. The Hall–Kier alpha value is -1.58. The van der Waals surface area contributed by atoms with Crippen LogP contribution >= 0.6 is 0 Å². The number of piperazine rings is 1. The molecule has 3 rings (SSSR count). The number of carbonyl (C=O) groups excluding carboxylic acids is 1. The van der Waals surface area contributed by atoms with Gasteiger partial charge >= 0.3 is 0 Å². The highest BCUT2D eigenvalue weighted by molar-refractivity contribution is 7.89. The molecule has 0 aliphatic carbocycles. The van der Waals surface area contributed by atoms with Gasteiger partial charge in [0.15, 0.2) is 0 Å². The predicted octanol–water partition coefficient (Wildman–Crippen LogP) is 2.68. The number of hydrogen-bond acceptors (Lipinski definition) is 5. The summed E-state index contributed by atoms with van der Waals surface area (Å²) in [5.74, 6) is 0.104. The van der Waals surface area contributed by atoms with E-state index in [0.717, 1.165) is 24.2 Å². The van der Waals surface area contributed by atoms with Crippen molar-refractivity contribution >= 4 is 38.7 Å². The fourth-order valence-corrected chi connectivity index (χ4v) is 5.32. The minimum atomic E-state index is -3.64. The van der Waals surface area contributed by atoms with Crippen molar-refractivity contribution in [3.05, 3.63) is 18.2 Å². The van der Waals surface area contributed by atoms with Crippen molar-refractivity contribution in [2.24, 2.45) is 14.6 Å². The lowest BCUT2D eigenvalue weighted by molar-refractivity contribution is -0.136. The van der Waals surface area contributed by atoms with Crippen LogP contribution < -0.4 is 0 Å². The van der Waals surface area contributed by atoms with Crippen molar-refractivity contribution in [3.63, 3.8) is 0 Å². The highest BCUT2D eigenvalue weighted by atomic mass is 32.2. The van der Waals surface area contributed by atoms with Crippen molar-refractivity contribution in [2.45, 2.75) is 31.6 Å². The molecule has 25 heavy (non-hydrogen) atoms. The Balaban J connectivity index is 1.72. The molecule has 0 N–H and O–H groups in total. The van der Waals surface area contributed by atoms with Crippen molar-refractivity contribution in [1.29, 1.82) is 0 Å². The van der Waals surface area contributed by atoms with Gasteiger partial charge in [-0.05, 0) is 18.6 Å². The molecule has 0 saturated carbocycles. The molecule has 1 atom stereocenters. The van der Waals surface area contributed by atoms with Gasteiger partial charge in [-0.25, -0.2) is 8.42 Å². The van der Waals surface area contributed by atoms with E-state index >= 15 is 0 Å². The standard InChI is InChI=1S/C16H22N4O3S2/c1-3-5-12(2)16(21)19-8-10-20(11-9-19)25(22,23)14-7-4-6-13-15(14)18-24-17-13/h4,6-7,12H,3,5,8-11H2,1-2H3. The average molecular weight is 383 g/mol. The molecule has 9 heteroatoms. The van der Waals surface area contributed by atoms with Crippen molar-refractivity contribution < 1.29 is 13.2 Å². The summed E-state index contributed by atoms with van der Waals surface area (Å²) >= 11 is 1.01. The maximum atomic E-state index is 13.0. The molecular weight excluding hydrogens is 360 g/mol. The molecule has 0 spiro atoms. The minimum Gasteiger partial charge on any atom is -0.340 e. The zero-order valence-electron chi connectivity index (χ0n) is 14.4. The van der Waals surface area contributed by atoms with Crippen LogP contribution in [0.15, 0.2) is 31.8 Å². The molecule has 0 aromatic heterocycles. The number of hydrogen-bond donors (Lipinski definition) is 0. The van der Waals surface area contributed by atoms with Crippen LogP contribution in [-0.4, -0.2) is 49.7 Å². The van der Waals surface area contributed by atoms with Crippen LogP contribution in [0.2, 0.25) is 0 Å². The summed E-state index contributed by atoms with van der Waals surface area (Å²) in [6.45, 7) is 5.46. The number of amides is 1. The molecule has 1 fully saturated rings. The molecule has 2 aliphatic heterocycles. The molecule has 1 aromatic carbocycles. The molecule has 1 amide bonds. The van der Waals surface area contributed by atoms with E-state index in [1.807, 2.05) is 6.92 Å². The van der Waals surface area contributed by atoms with Gasteiger partial charge in [-0.2, -0.15) is 13.0 Å². The van der Waals surface area contributed by atoms with E-state index < -0.39 is 10.0 Å². The van der Waals surface area contributed by atoms with Crippen molar-refractivity contribution in [1.82, 2.24) is 9.21 Å². The second-order valence-corrected chi connectivity index (χ2v) is 8.74. The van der Waals surface area contributed by atoms with Crippen LogP contribution in [0, 0.1) is 5.92 Å². The Morgan fingerprint density at radius 1 is 1.24 bits per heavy atom. The van der Waals surface area contributed by atoms with E-state index in [2.05, 4.69) is 15.6 Å². The lowest BCUT2D eigenvalue weighted by Crippen LogP contribution is -2.51. The van der Waals surface area contributed by atoms with E-state index in [0.29, 0.717) is 37.6 Å². The average Bonchev–Trinajstić information content (AvgIpc) is 3.10. The van der Waals surface area contributed by atoms with Gasteiger partial charge in [0.25, 0.3) is 0 Å². The summed E-state index contributed by atoms with van der Waals surface area (Å²) < 4.78 is 35.6. The van der Waals surface area contributed by atoms with Crippen LogP contribution in [-0.2, 0) is 26.2 Å². The highest BCUT2D eigenvalue weighted by Crippen LogP contribution is 2.38. The lowest BCUT2D eigenvalue weighted by Gasteiger charge is -2.35. The first kappa shape index (κ1) is 18.2. The lowest BCUT2D eigenvalue weighted by atomic mass is 10.0. The topological polar surface area (TPSA) is 82.4 Å². The van der Waals surface area contributed by atoms with Crippen molar-refractivity contribution in [3.8, 4) is 0 Å². The van der Waals surface area contributed by atoms with Gasteiger partial charge in [0.05, 0.1) is 11.4 Å². The Kier molecular flexibility index (Phi) is 5.35. The van der Waals surface area contributed by atoms with Gasteiger partial charge in [0, 0.05) is 32.1 Å². The van der Waals surface area contributed by atoms with Crippen LogP contribution in [0.1, 0.15) is 26.7 Å². The molecule has 0 radical (unpaired) electrons. The number of rotatable bonds is 5. The Morgan fingerprint density at radius 2 is 1.96 bits per heavy atom. The maximum absolute atomic E-state index is 13.0. The SMILES string of the molecule is CCCC(C)C(=O)N1CCN(S(=O)(=O)c2cccc3c2N=S=N3)CC1. The number of nitrogens with zero attached hydrogens (tertiary/aromatic N) is 4. The summed E-state index contributed by atoms with van der Waals surface area (Å²) in [6.07, 6.45) is 1.82. The quantitative estimate of drug-likeness (QED) is 0.797. The number of fused-ring (bicyclic) bond motifs is 1. The summed E-state index contributed by atoms with van der Waals surface area (Å²) in [7, 11) is -3.64. The third-order valence-electron chi connectivity index (χ3n) is 4.56. The van der Waals surface area contributed by atoms with Crippen molar-refractivity contribution in [2.75, 3.05) is 26.2 Å². The molecule has 136 valence electrons. The smallest absolute Gasteiger partial charge is 0.245 e. The second-order valence-electron chi connectivity index (χ2n) is 6.31. The van der Waals surface area contributed by atoms with E-state index in [-0.39, 0.29) is 16.7 Å². The summed E-state index contributed by atoms with van der Waals surface area (Å²) in [5.41, 5.74) is 1.01. The monoisotopic (exact) mass is 382 g/mol. The molecule has 2 heterocycles. The third-order valence-corrected chi connectivity index (χ3v) is 7.03. The molecule has 1 aromatic rings. The first-order chi connectivity index (χ1) is 11.9. The molecule has 1 saturated heterocycles. The fourth-order valence-electron chi connectivity index (χ4n) is 3.15. The normalized spacial score (nSPS) is 18.7. The van der Waals surface area contributed by atoms with Gasteiger partial charge < -0.3 is 4.90 Å².